The van der Waals surface area contributed by atoms with Gasteiger partial charge >= 0.3 is 17.8 Å². The number of aromatic nitrogens is 4. The summed E-state index contributed by atoms with van der Waals surface area (Å²) in [7, 11) is 2.68. The number of alkyl halides is 3. The molecule has 3 rings (SSSR count). The van der Waals surface area contributed by atoms with Crippen LogP contribution < -0.4 is 11.2 Å². The van der Waals surface area contributed by atoms with Crippen molar-refractivity contribution < 1.29 is 23.1 Å². The third-order valence-corrected chi connectivity index (χ3v) is 5.62. The zero-order valence-electron chi connectivity index (χ0n) is 16.1. The maximum atomic E-state index is 13.1. The van der Waals surface area contributed by atoms with E-state index < -0.39 is 34.2 Å². The van der Waals surface area contributed by atoms with Crippen LogP contribution in [0.2, 0.25) is 0 Å². The van der Waals surface area contributed by atoms with E-state index in [9.17, 15) is 32.7 Å². The number of halogens is 3. The fourth-order valence-electron chi connectivity index (χ4n) is 2.90. The molecule has 0 amide bonds. The summed E-state index contributed by atoms with van der Waals surface area (Å²) < 4.78 is 42.6. The number of rotatable bonds is 5. The SMILES string of the molecule is C[C@@H](Sc1nc2c(c(=O)n(C)c(=O)n2C)n1Cc1cccc(C(F)(F)F)c1)C(=O)O. The van der Waals surface area contributed by atoms with Crippen molar-refractivity contribution in [1.29, 1.82) is 0 Å². The van der Waals surface area contributed by atoms with Gasteiger partial charge in [0.25, 0.3) is 5.56 Å². The van der Waals surface area contributed by atoms with Crippen LogP contribution in [-0.2, 0) is 31.6 Å². The highest BCUT2D eigenvalue weighted by Gasteiger charge is 2.30. The van der Waals surface area contributed by atoms with Crippen LogP contribution in [0.25, 0.3) is 11.2 Å². The second-order valence-corrected chi connectivity index (χ2v) is 7.96. The molecule has 1 aromatic carbocycles. The van der Waals surface area contributed by atoms with E-state index in [1.807, 2.05) is 0 Å². The molecule has 0 aliphatic carbocycles. The summed E-state index contributed by atoms with van der Waals surface area (Å²) in [5.74, 6) is -1.13. The molecule has 2 heterocycles. The van der Waals surface area contributed by atoms with Crippen LogP contribution in [0.15, 0.2) is 39.0 Å². The van der Waals surface area contributed by atoms with Crippen LogP contribution >= 0.6 is 11.8 Å². The molecule has 0 aliphatic rings. The number of hydrogen-bond acceptors (Lipinski definition) is 5. The van der Waals surface area contributed by atoms with Crippen LogP contribution in [0.3, 0.4) is 0 Å². The van der Waals surface area contributed by atoms with Crippen LogP contribution in [0.4, 0.5) is 13.2 Å². The molecule has 0 unspecified atom stereocenters. The summed E-state index contributed by atoms with van der Waals surface area (Å²) in [6.07, 6.45) is -4.54. The zero-order valence-corrected chi connectivity index (χ0v) is 16.9. The molecule has 160 valence electrons. The van der Waals surface area contributed by atoms with E-state index in [1.165, 1.54) is 37.7 Å². The van der Waals surface area contributed by atoms with Gasteiger partial charge in [0, 0.05) is 14.1 Å². The third kappa shape index (κ3) is 3.86. The predicted molar refractivity (Wildman–Crippen MR) is 104 cm³/mol. The molecule has 1 N–H and O–H groups in total. The molecule has 0 bridgehead atoms. The number of carboxylic acid groups (broad SMARTS) is 1. The Kier molecular flexibility index (Phi) is 5.54. The predicted octanol–water partition coefficient (Wildman–Crippen LogP) is 2.07. The summed E-state index contributed by atoms with van der Waals surface area (Å²) in [5, 5.41) is 8.38. The van der Waals surface area contributed by atoms with Crippen molar-refractivity contribution in [2.24, 2.45) is 14.1 Å². The van der Waals surface area contributed by atoms with Gasteiger partial charge in [-0.25, -0.2) is 9.78 Å². The van der Waals surface area contributed by atoms with Crippen molar-refractivity contribution in [1.82, 2.24) is 18.7 Å². The van der Waals surface area contributed by atoms with Gasteiger partial charge in [0.15, 0.2) is 16.3 Å². The molecular weight excluding hydrogens is 425 g/mol. The summed E-state index contributed by atoms with van der Waals surface area (Å²) in [6.45, 7) is 1.25. The Morgan fingerprint density at radius 2 is 1.90 bits per heavy atom. The average Bonchev–Trinajstić information content (AvgIpc) is 3.02. The molecule has 3 aromatic rings. The van der Waals surface area contributed by atoms with Gasteiger partial charge in [0.05, 0.1) is 12.1 Å². The number of nitrogens with zero attached hydrogens (tertiary/aromatic N) is 4. The first kappa shape index (κ1) is 21.7. The lowest BCUT2D eigenvalue weighted by Crippen LogP contribution is -2.37. The maximum Gasteiger partial charge on any atom is 0.416 e. The Morgan fingerprint density at radius 1 is 1.23 bits per heavy atom. The largest absolute Gasteiger partial charge is 0.480 e. The minimum absolute atomic E-state index is 0.00268. The van der Waals surface area contributed by atoms with Crippen molar-refractivity contribution in [3.8, 4) is 0 Å². The maximum absolute atomic E-state index is 13.1. The first-order valence-corrected chi connectivity index (χ1v) is 9.51. The summed E-state index contributed by atoms with van der Waals surface area (Å²) in [4.78, 5) is 40.5. The lowest BCUT2D eigenvalue weighted by atomic mass is 10.1. The number of aliphatic carboxylic acids is 1. The van der Waals surface area contributed by atoms with E-state index >= 15 is 0 Å². The third-order valence-electron chi connectivity index (χ3n) is 4.54. The van der Waals surface area contributed by atoms with Gasteiger partial charge in [-0.2, -0.15) is 13.2 Å². The normalized spacial score (nSPS) is 13.0. The molecular formula is C18H17F3N4O4S. The summed E-state index contributed by atoms with van der Waals surface area (Å²) in [6, 6.07) is 4.59. The minimum atomic E-state index is -4.54. The number of carboxylic acids is 1. The van der Waals surface area contributed by atoms with Gasteiger partial charge in [-0.1, -0.05) is 23.9 Å². The van der Waals surface area contributed by atoms with Crippen LogP contribution in [0.1, 0.15) is 18.1 Å². The van der Waals surface area contributed by atoms with Crippen molar-refractivity contribution in [3.05, 3.63) is 56.2 Å². The molecule has 12 heteroatoms. The van der Waals surface area contributed by atoms with Gasteiger partial charge < -0.3 is 9.67 Å². The van der Waals surface area contributed by atoms with Crippen LogP contribution in [-0.4, -0.2) is 35.0 Å². The van der Waals surface area contributed by atoms with E-state index in [0.29, 0.717) is 0 Å². The molecule has 2 aromatic heterocycles. The minimum Gasteiger partial charge on any atom is -0.480 e. The molecule has 30 heavy (non-hydrogen) atoms. The first-order chi connectivity index (χ1) is 13.9. The number of hydrogen-bond donors (Lipinski definition) is 1. The van der Waals surface area contributed by atoms with Gasteiger partial charge in [-0.3, -0.25) is 18.7 Å². The lowest BCUT2D eigenvalue weighted by molar-refractivity contribution is -0.138. The molecule has 0 saturated heterocycles. The molecule has 0 aliphatic heterocycles. The molecule has 0 radical (unpaired) electrons. The Balaban J connectivity index is 2.24. The van der Waals surface area contributed by atoms with Crippen molar-refractivity contribution in [3.63, 3.8) is 0 Å². The van der Waals surface area contributed by atoms with Crippen LogP contribution in [0, 0.1) is 0 Å². The Morgan fingerprint density at radius 3 is 2.50 bits per heavy atom. The highest BCUT2D eigenvalue weighted by Crippen LogP contribution is 2.31. The van der Waals surface area contributed by atoms with Gasteiger partial charge in [-0.05, 0) is 24.6 Å². The summed E-state index contributed by atoms with van der Waals surface area (Å²) >= 11 is 0.829. The molecule has 8 nitrogen and oxygen atoms in total. The molecule has 0 fully saturated rings. The molecule has 0 spiro atoms. The second-order valence-electron chi connectivity index (χ2n) is 6.65. The van der Waals surface area contributed by atoms with Gasteiger partial charge in [0.2, 0.25) is 0 Å². The smallest absolute Gasteiger partial charge is 0.416 e. The number of fused-ring (bicyclic) bond motifs is 1. The van der Waals surface area contributed by atoms with E-state index in [-0.39, 0.29) is 28.4 Å². The second kappa shape index (κ2) is 7.67. The van der Waals surface area contributed by atoms with Crippen molar-refractivity contribution in [2.45, 2.75) is 30.1 Å². The number of aryl methyl sites for hydroxylation is 1. The fourth-order valence-corrected chi connectivity index (χ4v) is 3.74. The fraction of sp³-hybridized carbons (Fsp3) is 0.333. The number of benzene rings is 1. The van der Waals surface area contributed by atoms with Gasteiger partial charge in [-0.15, -0.1) is 0 Å². The zero-order chi connectivity index (χ0) is 22.4. The Hall–Kier alpha value is -3.02. The van der Waals surface area contributed by atoms with Gasteiger partial charge in [0.1, 0.15) is 5.25 Å². The highest BCUT2D eigenvalue weighted by atomic mass is 32.2. The van der Waals surface area contributed by atoms with E-state index in [1.54, 1.807) is 0 Å². The van der Waals surface area contributed by atoms with Crippen molar-refractivity contribution >= 4 is 28.9 Å². The Labute approximate surface area is 171 Å². The molecule has 1 atom stereocenters. The monoisotopic (exact) mass is 442 g/mol. The van der Waals surface area contributed by atoms with Crippen LogP contribution in [0.5, 0.6) is 0 Å². The first-order valence-electron chi connectivity index (χ1n) is 8.63. The Bertz CT molecular complexity index is 1260. The summed E-state index contributed by atoms with van der Waals surface area (Å²) in [5.41, 5.74) is -1.89. The van der Waals surface area contributed by atoms with Crippen molar-refractivity contribution in [2.75, 3.05) is 0 Å². The number of carbonyl (C=O) groups is 1. The number of imidazole rings is 1. The van der Waals surface area contributed by atoms with E-state index in [0.717, 1.165) is 33.0 Å². The number of thioether (sulfide) groups is 1. The highest BCUT2D eigenvalue weighted by molar-refractivity contribution is 8.00. The lowest BCUT2D eigenvalue weighted by Gasteiger charge is -2.13. The molecule has 0 saturated carbocycles. The quantitative estimate of drug-likeness (QED) is 0.608. The average molecular weight is 442 g/mol. The van der Waals surface area contributed by atoms with E-state index in [4.69, 9.17) is 0 Å². The standard InChI is InChI=1S/C18H17F3N4O4S/c1-9(15(27)28)30-16-22-13-12(14(26)24(3)17(29)23(13)2)25(16)8-10-5-4-6-11(7-10)18(19,20)21/h4-7,9H,8H2,1-3H3,(H,27,28)/t9-/m1/s1. The topological polar surface area (TPSA) is 99.1 Å². The van der Waals surface area contributed by atoms with E-state index in [2.05, 4.69) is 4.98 Å².